The van der Waals surface area contributed by atoms with Gasteiger partial charge in [-0.2, -0.15) is 0 Å². The average Bonchev–Trinajstić information content (AvgIpc) is 2.37. The van der Waals surface area contributed by atoms with Crippen LogP contribution in [0.4, 0.5) is 0 Å². The lowest BCUT2D eigenvalue weighted by Gasteiger charge is -2.51. The van der Waals surface area contributed by atoms with E-state index < -0.39 is 0 Å². The first-order valence-electron chi connectivity index (χ1n) is 8.75. The van der Waals surface area contributed by atoms with Crippen LogP contribution in [0.1, 0.15) is 80.1 Å². The van der Waals surface area contributed by atoms with Crippen molar-refractivity contribution in [1.82, 2.24) is 0 Å². The van der Waals surface area contributed by atoms with Crippen LogP contribution >= 0.6 is 15.8 Å². The van der Waals surface area contributed by atoms with Gasteiger partial charge in [0, 0.05) is 0 Å². The van der Waals surface area contributed by atoms with Crippen LogP contribution in [0, 0.1) is 0 Å². The first-order valence-corrected chi connectivity index (χ1v) is 11.9. The molecule has 2 heteroatoms. The van der Waals surface area contributed by atoms with Gasteiger partial charge in [-0.05, 0) is 59.6 Å². The molecule has 2 heterocycles. The van der Waals surface area contributed by atoms with Gasteiger partial charge in [0.15, 0.2) is 0 Å². The topological polar surface area (TPSA) is 0 Å². The average molecular weight is 314 g/mol. The van der Waals surface area contributed by atoms with E-state index in [1.54, 1.807) is 25.2 Å². The smallest absolute Gasteiger partial charge is 0.0137 e. The fourth-order valence-corrected chi connectivity index (χ4v) is 12.6. The molecular formula is C18H36P2. The zero-order chi connectivity index (χ0) is 15.0. The van der Waals surface area contributed by atoms with E-state index in [9.17, 15) is 0 Å². The van der Waals surface area contributed by atoms with Gasteiger partial charge in [-0.15, -0.1) is 0 Å². The van der Waals surface area contributed by atoms with Crippen LogP contribution in [-0.4, -0.2) is 34.0 Å². The predicted octanol–water partition coefficient (Wildman–Crippen LogP) is 6.65. The molecule has 0 aliphatic carbocycles. The largest absolute Gasteiger partial charge is 0.0974 e. The lowest BCUT2D eigenvalue weighted by Crippen LogP contribution is -2.38. The van der Waals surface area contributed by atoms with Crippen molar-refractivity contribution in [1.29, 1.82) is 0 Å². The molecule has 0 N–H and O–H groups in total. The van der Waals surface area contributed by atoms with Gasteiger partial charge in [-0.25, -0.2) is 0 Å². The van der Waals surface area contributed by atoms with Crippen molar-refractivity contribution >= 4 is 15.8 Å². The molecule has 0 nitrogen and oxygen atoms in total. The summed E-state index contributed by atoms with van der Waals surface area (Å²) in [5.74, 6) is 0. The predicted molar refractivity (Wildman–Crippen MR) is 98.4 cm³/mol. The van der Waals surface area contributed by atoms with Crippen LogP contribution in [0.2, 0.25) is 0 Å². The van der Waals surface area contributed by atoms with E-state index in [-0.39, 0.29) is 15.8 Å². The molecule has 2 aliphatic heterocycles. The van der Waals surface area contributed by atoms with Gasteiger partial charge < -0.3 is 0 Å². The van der Waals surface area contributed by atoms with Crippen molar-refractivity contribution in [3.05, 3.63) is 0 Å². The van der Waals surface area contributed by atoms with Crippen LogP contribution < -0.4 is 0 Å². The second-order valence-electron chi connectivity index (χ2n) is 8.85. The van der Waals surface area contributed by atoms with Crippen molar-refractivity contribution in [2.75, 3.05) is 12.3 Å². The monoisotopic (exact) mass is 314 g/mol. The number of hydrogen-bond acceptors (Lipinski definition) is 0. The summed E-state index contributed by atoms with van der Waals surface area (Å²) in [7, 11) is 0.487. The van der Waals surface area contributed by atoms with Gasteiger partial charge in [0.25, 0.3) is 0 Å². The minimum Gasteiger partial charge on any atom is -0.0974 e. The molecule has 4 atom stereocenters. The molecule has 2 fully saturated rings. The highest BCUT2D eigenvalue weighted by Gasteiger charge is 2.43. The Labute approximate surface area is 130 Å². The van der Waals surface area contributed by atoms with E-state index in [2.05, 4.69) is 41.5 Å². The normalized spacial score (nSPS) is 36.9. The second-order valence-corrected chi connectivity index (χ2v) is 15.6. The molecular weight excluding hydrogens is 278 g/mol. The van der Waals surface area contributed by atoms with Gasteiger partial charge in [-0.3, -0.25) is 0 Å². The van der Waals surface area contributed by atoms with Crippen molar-refractivity contribution in [2.45, 2.75) is 102 Å². The van der Waals surface area contributed by atoms with Crippen molar-refractivity contribution in [2.24, 2.45) is 0 Å². The highest BCUT2D eigenvalue weighted by Crippen LogP contribution is 2.67. The van der Waals surface area contributed by atoms with Crippen LogP contribution in [0.25, 0.3) is 0 Å². The van der Waals surface area contributed by atoms with E-state index in [0.717, 1.165) is 11.3 Å². The molecule has 0 saturated carbocycles. The van der Waals surface area contributed by atoms with Crippen LogP contribution in [0.5, 0.6) is 0 Å². The van der Waals surface area contributed by atoms with E-state index in [1.165, 1.54) is 25.7 Å². The molecule has 2 rings (SSSR count). The Balaban J connectivity index is 2.21. The van der Waals surface area contributed by atoms with E-state index in [1.807, 2.05) is 0 Å². The fraction of sp³-hybridized carbons (Fsp3) is 1.00. The van der Waals surface area contributed by atoms with E-state index in [0.29, 0.717) is 10.3 Å². The molecule has 0 aromatic rings. The van der Waals surface area contributed by atoms with E-state index in [4.69, 9.17) is 0 Å². The summed E-state index contributed by atoms with van der Waals surface area (Å²) >= 11 is 0. The minimum atomic E-state index is 0.243. The number of rotatable bonds is 1. The zero-order valence-corrected chi connectivity index (χ0v) is 16.5. The van der Waals surface area contributed by atoms with Crippen molar-refractivity contribution in [3.8, 4) is 0 Å². The summed E-state index contributed by atoms with van der Waals surface area (Å²) in [6.45, 7) is 15.2. The Morgan fingerprint density at radius 2 is 0.950 bits per heavy atom. The molecule has 0 unspecified atom stereocenters. The third-order valence-corrected chi connectivity index (χ3v) is 13.4. The summed E-state index contributed by atoms with van der Waals surface area (Å²) in [4.78, 5) is 0. The first kappa shape index (κ1) is 17.2. The zero-order valence-electron chi connectivity index (χ0n) is 14.7. The van der Waals surface area contributed by atoms with Crippen molar-refractivity contribution < 1.29 is 0 Å². The van der Waals surface area contributed by atoms with Gasteiger partial charge in [0.2, 0.25) is 0 Å². The van der Waals surface area contributed by atoms with Crippen LogP contribution in [0.15, 0.2) is 0 Å². The molecule has 2 saturated heterocycles. The maximum Gasteiger partial charge on any atom is -0.0137 e. The third kappa shape index (κ3) is 3.98. The molecule has 0 radical (unpaired) electrons. The SMILES string of the molecule is CC(C)(C)[P@]1CCCC[C@@H]1[C@H]1CCCC[P@@]1C(C)(C)C. The Hall–Kier alpha value is 0.860. The Morgan fingerprint density at radius 1 is 0.600 bits per heavy atom. The van der Waals surface area contributed by atoms with Crippen LogP contribution in [0.3, 0.4) is 0 Å². The fourth-order valence-electron chi connectivity index (χ4n) is 4.38. The minimum absolute atomic E-state index is 0.243. The molecule has 20 heavy (non-hydrogen) atoms. The first-order chi connectivity index (χ1) is 9.21. The van der Waals surface area contributed by atoms with Gasteiger partial charge in [0.05, 0.1) is 0 Å². The van der Waals surface area contributed by atoms with E-state index >= 15 is 0 Å². The van der Waals surface area contributed by atoms with Gasteiger partial charge in [0.1, 0.15) is 0 Å². The highest BCUT2D eigenvalue weighted by molar-refractivity contribution is 7.64. The Morgan fingerprint density at radius 3 is 1.25 bits per heavy atom. The maximum atomic E-state index is 2.53. The molecule has 0 aromatic carbocycles. The molecule has 0 amide bonds. The second kappa shape index (κ2) is 6.54. The molecule has 118 valence electrons. The Bertz CT molecular complexity index is 278. The lowest BCUT2D eigenvalue weighted by atomic mass is 10.1. The summed E-state index contributed by atoms with van der Waals surface area (Å²) in [5.41, 5.74) is 2.20. The Kier molecular flexibility index (Phi) is 5.63. The molecule has 0 bridgehead atoms. The number of hydrogen-bond donors (Lipinski definition) is 0. The standard InChI is InChI=1S/C18H36P2/c1-17(2,3)19-13-9-7-11-15(19)16-12-8-10-14-20(16)18(4,5)6/h15-16H,7-14H2,1-6H3/t15-,16-,19-,20-/m1/s1. The lowest BCUT2D eigenvalue weighted by molar-refractivity contribution is 0.545. The summed E-state index contributed by atoms with van der Waals surface area (Å²) in [6.07, 6.45) is 12.3. The van der Waals surface area contributed by atoms with Crippen molar-refractivity contribution in [3.63, 3.8) is 0 Å². The highest BCUT2D eigenvalue weighted by atomic mass is 31.1. The van der Waals surface area contributed by atoms with Gasteiger partial charge >= 0.3 is 0 Å². The van der Waals surface area contributed by atoms with Crippen LogP contribution in [-0.2, 0) is 0 Å². The summed E-state index contributed by atoms with van der Waals surface area (Å²) in [6, 6.07) is 0. The summed E-state index contributed by atoms with van der Waals surface area (Å²) < 4.78 is 0. The summed E-state index contributed by atoms with van der Waals surface area (Å²) in [5, 5.41) is 1.16. The maximum absolute atomic E-state index is 2.53. The molecule has 0 aromatic heterocycles. The third-order valence-electron chi connectivity index (χ3n) is 5.27. The molecule has 2 aliphatic rings. The quantitative estimate of drug-likeness (QED) is 0.475. The molecule has 0 spiro atoms. The van der Waals surface area contributed by atoms with Gasteiger partial charge in [-0.1, -0.05) is 70.2 Å².